The van der Waals surface area contributed by atoms with E-state index in [-0.39, 0.29) is 5.54 Å². The molecule has 1 aromatic carbocycles. The highest BCUT2D eigenvalue weighted by molar-refractivity contribution is 7.99. The summed E-state index contributed by atoms with van der Waals surface area (Å²) in [6.07, 6.45) is 0. The van der Waals surface area contributed by atoms with Crippen LogP contribution in [-0.2, 0) is 0 Å². The average molecular weight is 247 g/mol. The van der Waals surface area contributed by atoms with Crippen LogP contribution in [0.2, 0.25) is 0 Å². The Morgan fingerprint density at radius 2 is 2.12 bits per heavy atom. The maximum absolute atomic E-state index is 5.83. The van der Waals surface area contributed by atoms with Gasteiger partial charge in [0.05, 0.1) is 5.37 Å². The molecular weight excluding hydrogens is 230 g/mol. The fourth-order valence-electron chi connectivity index (χ4n) is 2.40. The minimum atomic E-state index is 0.208. The number of hydrogen-bond donors (Lipinski definition) is 1. The quantitative estimate of drug-likeness (QED) is 0.828. The van der Waals surface area contributed by atoms with Gasteiger partial charge in [0, 0.05) is 22.2 Å². The van der Waals surface area contributed by atoms with Gasteiger partial charge in [-0.15, -0.1) is 11.8 Å². The van der Waals surface area contributed by atoms with E-state index in [4.69, 9.17) is 4.42 Å². The first-order valence-corrected chi connectivity index (χ1v) is 6.99. The van der Waals surface area contributed by atoms with Crippen LogP contribution in [0, 0.1) is 6.92 Å². The summed E-state index contributed by atoms with van der Waals surface area (Å²) in [5, 5.41) is 5.27. The molecule has 0 spiro atoms. The van der Waals surface area contributed by atoms with Crippen molar-refractivity contribution in [2.24, 2.45) is 0 Å². The third-order valence-corrected chi connectivity index (χ3v) is 4.79. The standard InChI is InChI=1S/C14H17NOS/c1-9-12(13-15-14(2,3)8-17-13)10-6-4-5-7-11(10)16-9/h4-7,13,15H,8H2,1-3H3. The minimum Gasteiger partial charge on any atom is -0.461 e. The molecule has 90 valence electrons. The predicted octanol–water partition coefficient (Wildman–Crippen LogP) is 3.85. The molecule has 3 heteroatoms. The number of rotatable bonds is 1. The molecule has 1 fully saturated rings. The second kappa shape index (κ2) is 3.79. The van der Waals surface area contributed by atoms with Crippen molar-refractivity contribution in [3.05, 3.63) is 35.6 Å². The Morgan fingerprint density at radius 1 is 1.35 bits per heavy atom. The maximum atomic E-state index is 5.83. The van der Waals surface area contributed by atoms with Gasteiger partial charge in [-0.3, -0.25) is 5.32 Å². The zero-order valence-corrected chi connectivity index (χ0v) is 11.2. The fourth-order valence-corrected chi connectivity index (χ4v) is 3.93. The van der Waals surface area contributed by atoms with Crippen molar-refractivity contribution >= 4 is 22.7 Å². The number of hydrogen-bond acceptors (Lipinski definition) is 3. The number of fused-ring (bicyclic) bond motifs is 1. The van der Waals surface area contributed by atoms with E-state index in [0.29, 0.717) is 5.37 Å². The molecule has 2 heterocycles. The van der Waals surface area contributed by atoms with E-state index in [1.165, 1.54) is 10.9 Å². The molecule has 1 atom stereocenters. The van der Waals surface area contributed by atoms with E-state index in [0.717, 1.165) is 17.1 Å². The van der Waals surface area contributed by atoms with E-state index < -0.39 is 0 Å². The first-order valence-electron chi connectivity index (χ1n) is 5.94. The summed E-state index contributed by atoms with van der Waals surface area (Å²) in [6.45, 7) is 6.55. The van der Waals surface area contributed by atoms with E-state index >= 15 is 0 Å². The van der Waals surface area contributed by atoms with Gasteiger partial charge in [-0.25, -0.2) is 0 Å². The van der Waals surface area contributed by atoms with Crippen molar-refractivity contribution in [3.63, 3.8) is 0 Å². The molecule has 1 saturated heterocycles. The fraction of sp³-hybridized carbons (Fsp3) is 0.429. The molecule has 1 N–H and O–H groups in total. The van der Waals surface area contributed by atoms with Gasteiger partial charge in [0.2, 0.25) is 0 Å². The van der Waals surface area contributed by atoms with Gasteiger partial charge in [0.15, 0.2) is 0 Å². The van der Waals surface area contributed by atoms with Crippen LogP contribution >= 0.6 is 11.8 Å². The van der Waals surface area contributed by atoms with E-state index in [1.54, 1.807) is 0 Å². The van der Waals surface area contributed by atoms with Gasteiger partial charge in [-0.2, -0.15) is 0 Å². The smallest absolute Gasteiger partial charge is 0.134 e. The number of benzene rings is 1. The third-order valence-electron chi connectivity index (χ3n) is 3.21. The van der Waals surface area contributed by atoms with Crippen molar-refractivity contribution < 1.29 is 4.42 Å². The Balaban J connectivity index is 2.09. The monoisotopic (exact) mass is 247 g/mol. The highest BCUT2D eigenvalue weighted by atomic mass is 32.2. The molecule has 2 nitrogen and oxygen atoms in total. The Labute approximate surface area is 106 Å². The Hall–Kier alpha value is -0.930. The van der Waals surface area contributed by atoms with Crippen molar-refractivity contribution in [1.29, 1.82) is 0 Å². The van der Waals surface area contributed by atoms with E-state index in [2.05, 4.69) is 38.2 Å². The lowest BCUT2D eigenvalue weighted by Gasteiger charge is -2.18. The van der Waals surface area contributed by atoms with Gasteiger partial charge >= 0.3 is 0 Å². The molecule has 1 aliphatic rings. The minimum absolute atomic E-state index is 0.208. The van der Waals surface area contributed by atoms with Crippen molar-refractivity contribution in [2.75, 3.05) is 5.75 Å². The van der Waals surface area contributed by atoms with Crippen LogP contribution in [0.5, 0.6) is 0 Å². The number of nitrogens with one attached hydrogen (secondary N) is 1. The Kier molecular flexibility index (Phi) is 2.49. The van der Waals surface area contributed by atoms with E-state index in [9.17, 15) is 0 Å². The molecule has 3 rings (SSSR count). The molecule has 17 heavy (non-hydrogen) atoms. The number of aryl methyl sites for hydroxylation is 1. The highest BCUT2D eigenvalue weighted by Gasteiger charge is 2.34. The molecule has 2 aromatic rings. The molecule has 1 aromatic heterocycles. The summed E-state index contributed by atoms with van der Waals surface area (Å²) < 4.78 is 5.83. The van der Waals surface area contributed by atoms with Crippen LogP contribution in [0.25, 0.3) is 11.0 Å². The van der Waals surface area contributed by atoms with Crippen LogP contribution in [0.1, 0.15) is 30.5 Å². The third kappa shape index (κ3) is 1.87. The van der Waals surface area contributed by atoms with Gasteiger partial charge in [0.1, 0.15) is 11.3 Å². The van der Waals surface area contributed by atoms with Crippen LogP contribution < -0.4 is 5.32 Å². The van der Waals surface area contributed by atoms with Crippen LogP contribution in [0.15, 0.2) is 28.7 Å². The zero-order valence-electron chi connectivity index (χ0n) is 10.4. The Bertz CT molecular complexity index is 558. The highest BCUT2D eigenvalue weighted by Crippen LogP contribution is 2.42. The average Bonchev–Trinajstić information content (AvgIpc) is 2.77. The number of para-hydroxylation sites is 1. The second-order valence-corrected chi connectivity index (χ2v) is 6.38. The lowest BCUT2D eigenvalue weighted by Crippen LogP contribution is -2.35. The predicted molar refractivity (Wildman–Crippen MR) is 73.4 cm³/mol. The molecule has 1 unspecified atom stereocenters. The SMILES string of the molecule is Cc1oc2ccccc2c1C1NC(C)(C)CS1. The molecule has 0 bridgehead atoms. The first-order chi connectivity index (χ1) is 8.07. The molecule has 1 aliphatic heterocycles. The molecular formula is C14H17NOS. The summed E-state index contributed by atoms with van der Waals surface area (Å²) in [7, 11) is 0. The largest absolute Gasteiger partial charge is 0.461 e. The number of furan rings is 1. The lowest BCUT2D eigenvalue weighted by molar-refractivity contribution is 0.449. The topological polar surface area (TPSA) is 25.2 Å². The summed E-state index contributed by atoms with van der Waals surface area (Å²) in [5.41, 5.74) is 2.52. The van der Waals surface area contributed by atoms with Crippen molar-refractivity contribution in [1.82, 2.24) is 5.32 Å². The van der Waals surface area contributed by atoms with Crippen molar-refractivity contribution in [2.45, 2.75) is 31.7 Å². The van der Waals surface area contributed by atoms with Gasteiger partial charge in [0.25, 0.3) is 0 Å². The summed E-state index contributed by atoms with van der Waals surface area (Å²) in [4.78, 5) is 0. The summed E-state index contributed by atoms with van der Waals surface area (Å²) in [5.74, 6) is 2.17. The van der Waals surface area contributed by atoms with Crippen LogP contribution in [0.4, 0.5) is 0 Å². The van der Waals surface area contributed by atoms with Gasteiger partial charge in [-0.05, 0) is 26.8 Å². The zero-order chi connectivity index (χ0) is 12.0. The maximum Gasteiger partial charge on any atom is 0.134 e. The lowest BCUT2D eigenvalue weighted by atomic mass is 10.1. The molecule has 0 radical (unpaired) electrons. The normalized spacial score (nSPS) is 23.4. The van der Waals surface area contributed by atoms with Gasteiger partial charge in [-0.1, -0.05) is 18.2 Å². The van der Waals surface area contributed by atoms with Crippen LogP contribution in [0.3, 0.4) is 0 Å². The van der Waals surface area contributed by atoms with Gasteiger partial charge < -0.3 is 4.42 Å². The van der Waals surface area contributed by atoms with Crippen LogP contribution in [-0.4, -0.2) is 11.3 Å². The van der Waals surface area contributed by atoms with E-state index in [1.807, 2.05) is 23.9 Å². The first kappa shape index (κ1) is 11.2. The number of thioether (sulfide) groups is 1. The molecule has 0 aliphatic carbocycles. The molecule has 0 amide bonds. The summed E-state index contributed by atoms with van der Waals surface area (Å²) >= 11 is 1.96. The van der Waals surface area contributed by atoms with Crippen molar-refractivity contribution in [3.8, 4) is 0 Å². The molecule has 0 saturated carbocycles. The Morgan fingerprint density at radius 3 is 2.82 bits per heavy atom. The summed E-state index contributed by atoms with van der Waals surface area (Å²) in [6, 6.07) is 8.28. The second-order valence-electron chi connectivity index (χ2n) is 5.29.